The van der Waals surface area contributed by atoms with Crippen LogP contribution in [0.5, 0.6) is 5.75 Å². The Morgan fingerprint density at radius 3 is 2.70 bits per heavy atom. The summed E-state index contributed by atoms with van der Waals surface area (Å²) in [6.45, 7) is 3.12. The summed E-state index contributed by atoms with van der Waals surface area (Å²) < 4.78 is 23.8. The van der Waals surface area contributed by atoms with Crippen LogP contribution < -0.4 is 9.61 Å². The van der Waals surface area contributed by atoms with E-state index < -0.39 is 19.5 Å². The Balaban J connectivity index is 1.63. The molecule has 0 aliphatic heterocycles. The Morgan fingerprint density at radius 2 is 1.93 bits per heavy atom. The van der Waals surface area contributed by atoms with E-state index in [1.165, 1.54) is 6.66 Å². The van der Waals surface area contributed by atoms with Crippen LogP contribution in [0.2, 0.25) is 0 Å². The van der Waals surface area contributed by atoms with E-state index in [1.807, 2.05) is 36.4 Å². The number of nitrogens with one attached hydrogen (secondary N) is 1. The summed E-state index contributed by atoms with van der Waals surface area (Å²) in [7, 11) is -3.29. The summed E-state index contributed by atoms with van der Waals surface area (Å²) in [4.78, 5) is 12.2. The first-order chi connectivity index (χ1) is 12.9. The van der Waals surface area contributed by atoms with Gasteiger partial charge < -0.3 is 9.26 Å². The summed E-state index contributed by atoms with van der Waals surface area (Å²) >= 11 is 0. The van der Waals surface area contributed by atoms with E-state index in [-0.39, 0.29) is 6.61 Å². The molecule has 0 bridgehead atoms. The topological polar surface area (TPSA) is 64.6 Å². The van der Waals surface area contributed by atoms with Crippen molar-refractivity contribution in [1.82, 2.24) is 5.09 Å². The molecule has 0 aromatic heterocycles. The van der Waals surface area contributed by atoms with Crippen LogP contribution in [-0.2, 0) is 20.7 Å². The first-order valence-electron chi connectivity index (χ1n) is 8.51. The van der Waals surface area contributed by atoms with Crippen LogP contribution in [0, 0.1) is 12.1 Å². The third kappa shape index (κ3) is 5.10. The zero-order valence-corrected chi connectivity index (χ0v) is 16.0. The molecule has 3 rings (SSSR count). The minimum Gasteiger partial charge on any atom is -0.459 e. The molecule has 3 aromatic carbocycles. The first kappa shape index (κ1) is 19.0. The van der Waals surface area contributed by atoms with Crippen LogP contribution in [-0.4, -0.2) is 18.7 Å². The van der Waals surface area contributed by atoms with E-state index in [2.05, 4.69) is 17.2 Å². The van der Waals surface area contributed by atoms with Crippen LogP contribution in [0.15, 0.2) is 60.7 Å². The van der Waals surface area contributed by atoms with Gasteiger partial charge in [0, 0.05) is 17.6 Å². The van der Waals surface area contributed by atoms with Gasteiger partial charge in [-0.15, -0.1) is 0 Å². The van der Waals surface area contributed by atoms with Crippen molar-refractivity contribution in [3.05, 3.63) is 78.4 Å². The highest BCUT2D eigenvalue weighted by Gasteiger charge is 2.26. The third-order valence-electron chi connectivity index (χ3n) is 3.88. The monoisotopic (exact) mass is 381 g/mol. The van der Waals surface area contributed by atoms with Gasteiger partial charge >= 0.3 is 13.5 Å². The number of esters is 1. The zero-order valence-electron chi connectivity index (χ0n) is 15.1. The zero-order chi connectivity index (χ0) is 19.3. The number of ether oxygens (including phenoxy) is 1. The summed E-state index contributed by atoms with van der Waals surface area (Å²) in [5.74, 6) is -0.0164. The molecule has 0 radical (unpaired) electrons. The van der Waals surface area contributed by atoms with Crippen molar-refractivity contribution in [2.24, 2.45) is 0 Å². The number of rotatable bonds is 7. The van der Waals surface area contributed by atoms with E-state index in [0.29, 0.717) is 11.3 Å². The van der Waals surface area contributed by atoms with Crippen LogP contribution in [0.4, 0.5) is 0 Å². The van der Waals surface area contributed by atoms with Crippen molar-refractivity contribution < 1.29 is 18.6 Å². The molecule has 0 fully saturated rings. The molecule has 1 unspecified atom stereocenters. The molecular weight excluding hydrogens is 361 g/mol. The normalized spacial score (nSPS) is 14.0. The van der Waals surface area contributed by atoms with Gasteiger partial charge in [0.2, 0.25) is 0 Å². The quantitative estimate of drug-likeness (QED) is 0.487. The Bertz CT molecular complexity index is 969. The van der Waals surface area contributed by atoms with Gasteiger partial charge in [-0.05, 0) is 30.5 Å². The van der Waals surface area contributed by atoms with Gasteiger partial charge in [0.15, 0.2) is 0 Å². The van der Waals surface area contributed by atoms with Gasteiger partial charge in [0.05, 0.1) is 0 Å². The fourth-order valence-corrected chi connectivity index (χ4v) is 4.04. The molecule has 0 saturated heterocycles. The fourth-order valence-electron chi connectivity index (χ4n) is 2.64. The molecule has 138 valence electrons. The molecule has 0 heterocycles. The second-order valence-corrected chi connectivity index (χ2v) is 8.33. The fraction of sp³-hybridized carbons (Fsp3) is 0.190. The maximum atomic E-state index is 12.9. The second-order valence-electron chi connectivity index (χ2n) is 6.19. The standard InChI is InChI=1S/C21H20NO4P/c1-16(21(23)25-15-17-9-4-3-5-10-17)22-27(2,24)26-20-14-8-12-18-11-6-7-13-19(18)20/h3-4,6-9,11-14,16H,15H2,1-2H3,(H,22,24)/t16-,27?/m0/s1. The molecule has 0 saturated carbocycles. The minimum atomic E-state index is -3.29. The van der Waals surface area contributed by atoms with Gasteiger partial charge in [0.1, 0.15) is 18.4 Å². The van der Waals surface area contributed by atoms with Crippen LogP contribution >= 0.6 is 7.52 Å². The van der Waals surface area contributed by atoms with E-state index in [1.54, 1.807) is 31.2 Å². The van der Waals surface area contributed by atoms with Crippen molar-refractivity contribution in [3.8, 4) is 5.75 Å². The molecule has 2 atom stereocenters. The number of benzene rings is 2. The highest BCUT2D eigenvalue weighted by atomic mass is 31.2. The van der Waals surface area contributed by atoms with Gasteiger partial charge in [0.25, 0.3) is 0 Å². The minimum absolute atomic E-state index is 0.0837. The Labute approximate surface area is 158 Å². The molecule has 0 amide bonds. The van der Waals surface area contributed by atoms with Crippen LogP contribution in [0.3, 0.4) is 0 Å². The Hall–Kier alpha value is -2.80. The Kier molecular flexibility index (Phi) is 5.81. The predicted octanol–water partition coefficient (Wildman–Crippen LogP) is 4.36. The highest BCUT2D eigenvalue weighted by molar-refractivity contribution is 7.56. The SMILES string of the molecule is C[C@H](NP(C)(=O)Oc1cccc2ccccc12)C(=O)OCc1c#cccc1. The molecule has 0 aliphatic carbocycles. The maximum Gasteiger partial charge on any atom is 0.323 e. The summed E-state index contributed by atoms with van der Waals surface area (Å²) in [5, 5.41) is 4.59. The second kappa shape index (κ2) is 8.26. The first-order valence-corrected chi connectivity index (χ1v) is 10.6. The van der Waals surface area contributed by atoms with Gasteiger partial charge in [-0.25, -0.2) is 5.09 Å². The summed E-state index contributed by atoms with van der Waals surface area (Å²) in [6.07, 6.45) is 0. The van der Waals surface area contributed by atoms with Gasteiger partial charge in [-0.3, -0.25) is 9.36 Å². The lowest BCUT2D eigenvalue weighted by Crippen LogP contribution is -2.34. The average Bonchev–Trinajstić information content (AvgIpc) is 2.66. The average molecular weight is 381 g/mol. The molecule has 3 aromatic rings. The smallest absolute Gasteiger partial charge is 0.323 e. The molecule has 27 heavy (non-hydrogen) atoms. The third-order valence-corrected chi connectivity index (χ3v) is 5.28. The number of hydrogen-bond donors (Lipinski definition) is 1. The van der Waals surface area contributed by atoms with Gasteiger partial charge in [-0.1, -0.05) is 54.6 Å². The van der Waals surface area contributed by atoms with Crippen molar-refractivity contribution in [2.45, 2.75) is 19.6 Å². The lowest BCUT2D eigenvalue weighted by molar-refractivity contribution is -0.146. The molecule has 5 nitrogen and oxygen atoms in total. The van der Waals surface area contributed by atoms with Crippen molar-refractivity contribution in [2.75, 3.05) is 6.66 Å². The predicted molar refractivity (Wildman–Crippen MR) is 105 cm³/mol. The molecular formula is C21H20NO4P. The van der Waals surface area contributed by atoms with Crippen molar-refractivity contribution in [1.29, 1.82) is 0 Å². The van der Waals surface area contributed by atoms with E-state index in [4.69, 9.17) is 9.26 Å². The number of fused-ring (bicyclic) bond motifs is 1. The lowest BCUT2D eigenvalue weighted by Gasteiger charge is -2.21. The van der Waals surface area contributed by atoms with Crippen molar-refractivity contribution in [3.63, 3.8) is 0 Å². The Morgan fingerprint density at radius 1 is 1.15 bits per heavy atom. The lowest BCUT2D eigenvalue weighted by atomic mass is 10.1. The van der Waals surface area contributed by atoms with E-state index in [9.17, 15) is 9.36 Å². The number of carbonyl (C=O) groups is 1. The highest BCUT2D eigenvalue weighted by Crippen LogP contribution is 2.42. The largest absolute Gasteiger partial charge is 0.459 e. The summed E-state index contributed by atoms with van der Waals surface area (Å²) in [5.41, 5.74) is 0.713. The molecule has 6 heteroatoms. The van der Waals surface area contributed by atoms with Crippen LogP contribution in [0.25, 0.3) is 10.8 Å². The van der Waals surface area contributed by atoms with E-state index >= 15 is 0 Å². The summed E-state index contributed by atoms with van der Waals surface area (Å²) in [6, 6.07) is 23.4. The molecule has 0 spiro atoms. The maximum absolute atomic E-state index is 12.9. The van der Waals surface area contributed by atoms with Gasteiger partial charge in [-0.2, -0.15) is 0 Å². The number of hydrogen-bond acceptors (Lipinski definition) is 4. The molecule has 0 aliphatic rings. The molecule has 1 N–H and O–H groups in total. The van der Waals surface area contributed by atoms with Crippen LogP contribution in [0.1, 0.15) is 12.5 Å². The van der Waals surface area contributed by atoms with Crippen molar-refractivity contribution >= 4 is 24.3 Å². The van der Waals surface area contributed by atoms with E-state index in [0.717, 1.165) is 10.8 Å². The number of carbonyl (C=O) groups excluding carboxylic acids is 1.